The Labute approximate surface area is 189 Å². The summed E-state index contributed by atoms with van der Waals surface area (Å²) in [4.78, 5) is 21.2. The molecule has 0 aliphatic heterocycles. The first-order valence-corrected chi connectivity index (χ1v) is 10.2. The van der Waals surface area contributed by atoms with E-state index in [4.69, 9.17) is 0 Å². The van der Waals surface area contributed by atoms with Crippen molar-refractivity contribution in [1.29, 1.82) is 0 Å². The minimum absolute atomic E-state index is 0.236. The van der Waals surface area contributed by atoms with E-state index >= 15 is 0 Å². The molecule has 0 radical (unpaired) electrons. The Morgan fingerprint density at radius 1 is 0.758 bits per heavy atom. The summed E-state index contributed by atoms with van der Waals surface area (Å²) in [5, 5.41) is 8.98. The van der Waals surface area contributed by atoms with Gasteiger partial charge >= 0.3 is 0 Å². The maximum atomic E-state index is 13.8. The number of carbonyl (C=O) groups is 1. The lowest BCUT2D eigenvalue weighted by atomic mass is 10.2. The van der Waals surface area contributed by atoms with Gasteiger partial charge in [-0.2, -0.15) is 4.98 Å². The van der Waals surface area contributed by atoms with Gasteiger partial charge in [-0.15, -0.1) is 0 Å². The Morgan fingerprint density at radius 2 is 1.39 bits per heavy atom. The van der Waals surface area contributed by atoms with Crippen molar-refractivity contribution in [3.8, 4) is 0 Å². The summed E-state index contributed by atoms with van der Waals surface area (Å²) in [6.45, 7) is 3.90. The third-order valence-electron chi connectivity index (χ3n) is 4.75. The number of aryl methyl sites for hydroxylation is 2. The largest absolute Gasteiger partial charge is 0.340 e. The quantitative estimate of drug-likeness (QED) is 0.334. The van der Waals surface area contributed by atoms with Crippen LogP contribution >= 0.6 is 0 Å². The number of amides is 1. The SMILES string of the molecule is Cc1ccc(Nc2cc(C)nc(Nc3ccc(NC(=O)c4ccc(F)cc4F)cc3)n2)cc1. The molecule has 8 heteroatoms. The summed E-state index contributed by atoms with van der Waals surface area (Å²) in [6, 6.07) is 19.4. The zero-order valence-electron chi connectivity index (χ0n) is 18.0. The Morgan fingerprint density at radius 3 is 2.09 bits per heavy atom. The molecular formula is C25H21F2N5O. The summed E-state index contributed by atoms with van der Waals surface area (Å²) in [6.07, 6.45) is 0. The second-order valence-corrected chi connectivity index (χ2v) is 7.49. The van der Waals surface area contributed by atoms with Crippen LogP contribution in [0.4, 0.5) is 37.6 Å². The van der Waals surface area contributed by atoms with Gasteiger partial charge in [0.1, 0.15) is 17.5 Å². The molecule has 1 amide bonds. The fourth-order valence-corrected chi connectivity index (χ4v) is 3.11. The fraction of sp³-hybridized carbons (Fsp3) is 0.0800. The van der Waals surface area contributed by atoms with Crippen molar-refractivity contribution in [3.63, 3.8) is 0 Å². The van der Waals surface area contributed by atoms with Crippen molar-refractivity contribution in [1.82, 2.24) is 9.97 Å². The first-order chi connectivity index (χ1) is 15.9. The number of nitrogens with one attached hydrogen (secondary N) is 3. The molecule has 0 saturated carbocycles. The van der Waals surface area contributed by atoms with Crippen LogP contribution in [0, 0.1) is 25.5 Å². The lowest BCUT2D eigenvalue weighted by Gasteiger charge is -2.11. The van der Waals surface area contributed by atoms with Crippen LogP contribution in [0.5, 0.6) is 0 Å². The van der Waals surface area contributed by atoms with Crippen molar-refractivity contribution in [2.24, 2.45) is 0 Å². The molecule has 33 heavy (non-hydrogen) atoms. The normalized spacial score (nSPS) is 10.5. The molecule has 1 aromatic heterocycles. The fourth-order valence-electron chi connectivity index (χ4n) is 3.11. The van der Waals surface area contributed by atoms with Gasteiger partial charge < -0.3 is 16.0 Å². The van der Waals surface area contributed by atoms with Crippen molar-refractivity contribution >= 4 is 34.7 Å². The van der Waals surface area contributed by atoms with E-state index in [-0.39, 0.29) is 5.56 Å². The van der Waals surface area contributed by atoms with E-state index in [1.54, 1.807) is 24.3 Å². The molecule has 1 heterocycles. The van der Waals surface area contributed by atoms with Gasteiger partial charge in [-0.25, -0.2) is 13.8 Å². The summed E-state index contributed by atoms with van der Waals surface area (Å²) in [5.74, 6) is -1.26. The number of hydrogen-bond donors (Lipinski definition) is 3. The molecule has 3 N–H and O–H groups in total. The number of hydrogen-bond acceptors (Lipinski definition) is 5. The van der Waals surface area contributed by atoms with Crippen LogP contribution in [-0.4, -0.2) is 15.9 Å². The van der Waals surface area contributed by atoms with Gasteiger partial charge in [-0.05, 0) is 62.4 Å². The lowest BCUT2D eigenvalue weighted by molar-refractivity contribution is 0.102. The summed E-state index contributed by atoms with van der Waals surface area (Å²) in [5.41, 5.74) is 3.80. The number of benzene rings is 3. The summed E-state index contributed by atoms with van der Waals surface area (Å²) >= 11 is 0. The van der Waals surface area contributed by atoms with Crippen LogP contribution in [-0.2, 0) is 0 Å². The first kappa shape index (κ1) is 21.9. The van der Waals surface area contributed by atoms with Gasteiger partial charge in [0.05, 0.1) is 5.56 Å². The van der Waals surface area contributed by atoms with E-state index in [0.29, 0.717) is 29.2 Å². The van der Waals surface area contributed by atoms with E-state index in [1.165, 1.54) is 5.56 Å². The highest BCUT2D eigenvalue weighted by atomic mass is 19.1. The third-order valence-corrected chi connectivity index (χ3v) is 4.75. The van der Waals surface area contributed by atoms with Crippen LogP contribution in [0.2, 0.25) is 0 Å². The van der Waals surface area contributed by atoms with Gasteiger partial charge in [0.2, 0.25) is 5.95 Å². The topological polar surface area (TPSA) is 78.9 Å². The molecule has 166 valence electrons. The molecule has 3 aromatic carbocycles. The second kappa shape index (κ2) is 9.44. The summed E-state index contributed by atoms with van der Waals surface area (Å²) in [7, 11) is 0. The van der Waals surface area contributed by atoms with Crippen LogP contribution in [0.15, 0.2) is 72.8 Å². The predicted molar refractivity (Wildman–Crippen MR) is 125 cm³/mol. The van der Waals surface area contributed by atoms with E-state index < -0.39 is 17.5 Å². The van der Waals surface area contributed by atoms with E-state index in [1.807, 2.05) is 44.2 Å². The lowest BCUT2D eigenvalue weighted by Crippen LogP contribution is -2.13. The molecule has 0 spiro atoms. The number of anilines is 5. The minimum atomic E-state index is -0.919. The van der Waals surface area contributed by atoms with Crippen molar-refractivity contribution < 1.29 is 13.6 Å². The highest BCUT2D eigenvalue weighted by Gasteiger charge is 2.13. The van der Waals surface area contributed by atoms with Crippen LogP contribution < -0.4 is 16.0 Å². The highest BCUT2D eigenvalue weighted by molar-refractivity contribution is 6.04. The van der Waals surface area contributed by atoms with Crippen LogP contribution in [0.25, 0.3) is 0 Å². The zero-order valence-corrected chi connectivity index (χ0v) is 18.0. The summed E-state index contributed by atoms with van der Waals surface area (Å²) < 4.78 is 26.8. The Bertz CT molecular complexity index is 1290. The molecule has 6 nitrogen and oxygen atoms in total. The van der Waals surface area contributed by atoms with E-state index in [2.05, 4.69) is 25.9 Å². The first-order valence-electron chi connectivity index (χ1n) is 10.2. The van der Waals surface area contributed by atoms with E-state index in [0.717, 1.165) is 23.5 Å². The van der Waals surface area contributed by atoms with Gasteiger partial charge in [0.15, 0.2) is 0 Å². The number of halogens is 2. The van der Waals surface area contributed by atoms with Gasteiger partial charge in [0.25, 0.3) is 5.91 Å². The van der Waals surface area contributed by atoms with Crippen molar-refractivity contribution in [2.45, 2.75) is 13.8 Å². The van der Waals surface area contributed by atoms with Gasteiger partial charge in [-0.3, -0.25) is 4.79 Å². The maximum Gasteiger partial charge on any atom is 0.258 e. The average Bonchev–Trinajstić information content (AvgIpc) is 2.76. The molecule has 0 saturated heterocycles. The predicted octanol–water partition coefficient (Wildman–Crippen LogP) is 6.11. The molecule has 0 fully saturated rings. The van der Waals surface area contributed by atoms with Crippen molar-refractivity contribution in [3.05, 3.63) is 101 Å². The third kappa shape index (κ3) is 5.68. The number of rotatable bonds is 6. The zero-order chi connectivity index (χ0) is 23.4. The highest BCUT2D eigenvalue weighted by Crippen LogP contribution is 2.21. The average molecular weight is 445 g/mol. The Kier molecular flexibility index (Phi) is 6.26. The molecular weight excluding hydrogens is 424 g/mol. The standard InChI is InChI=1S/C25H21F2N5O/c1-15-3-6-18(7-4-15)29-23-13-16(2)28-25(32-23)31-20-10-8-19(9-11-20)30-24(33)21-12-5-17(26)14-22(21)27/h3-14H,1-2H3,(H,30,33)(H2,28,29,31,32). The maximum absolute atomic E-state index is 13.8. The molecule has 4 rings (SSSR count). The van der Waals surface area contributed by atoms with E-state index in [9.17, 15) is 13.6 Å². The Balaban J connectivity index is 1.43. The molecule has 4 aromatic rings. The number of aromatic nitrogens is 2. The molecule has 0 bridgehead atoms. The van der Waals surface area contributed by atoms with Gasteiger partial charge in [0, 0.05) is 34.9 Å². The van der Waals surface area contributed by atoms with Crippen molar-refractivity contribution in [2.75, 3.05) is 16.0 Å². The van der Waals surface area contributed by atoms with Crippen LogP contribution in [0.1, 0.15) is 21.6 Å². The molecule has 0 unspecified atom stereocenters. The second-order valence-electron chi connectivity index (χ2n) is 7.49. The van der Waals surface area contributed by atoms with Gasteiger partial charge in [-0.1, -0.05) is 17.7 Å². The van der Waals surface area contributed by atoms with Crippen LogP contribution in [0.3, 0.4) is 0 Å². The molecule has 0 aliphatic rings. The molecule has 0 atom stereocenters. The molecule has 0 aliphatic carbocycles. The Hall–Kier alpha value is -4.33. The minimum Gasteiger partial charge on any atom is -0.340 e. The number of carbonyl (C=O) groups excluding carboxylic acids is 1. The monoisotopic (exact) mass is 445 g/mol. The smallest absolute Gasteiger partial charge is 0.258 e. The number of nitrogens with zero attached hydrogens (tertiary/aromatic N) is 2.